The van der Waals surface area contributed by atoms with Gasteiger partial charge in [0.05, 0.1) is 12.2 Å². The molecule has 0 spiro atoms. The van der Waals surface area contributed by atoms with Crippen LogP contribution >= 0.6 is 0 Å². The summed E-state index contributed by atoms with van der Waals surface area (Å²) in [4.78, 5) is 0. The number of aliphatic hydroxyl groups excluding tert-OH is 1. The third kappa shape index (κ3) is 1.68. The van der Waals surface area contributed by atoms with E-state index < -0.39 is 0 Å². The Balaban J connectivity index is 2.33. The highest BCUT2D eigenvalue weighted by Gasteiger charge is 2.25. The maximum Gasteiger partial charge on any atom is 0.157 e. The average Bonchev–Trinajstić information content (AvgIpc) is 1.95. The number of hydrogen-bond donors (Lipinski definition) is 1. The van der Waals surface area contributed by atoms with Crippen molar-refractivity contribution in [2.45, 2.75) is 38.3 Å². The van der Waals surface area contributed by atoms with E-state index in [1.54, 1.807) is 7.11 Å². The van der Waals surface area contributed by atoms with Crippen LogP contribution in [0.3, 0.4) is 0 Å². The maximum absolute atomic E-state index is 9.21. The molecule has 3 nitrogen and oxygen atoms in total. The van der Waals surface area contributed by atoms with Crippen LogP contribution in [-0.4, -0.2) is 30.7 Å². The van der Waals surface area contributed by atoms with Gasteiger partial charge in [0.2, 0.25) is 0 Å². The molecule has 3 heteroatoms. The van der Waals surface area contributed by atoms with Gasteiger partial charge in [0.15, 0.2) is 6.29 Å². The number of methoxy groups -OCH3 is 1. The minimum atomic E-state index is -0.314. The van der Waals surface area contributed by atoms with Crippen LogP contribution in [0.15, 0.2) is 0 Å². The summed E-state index contributed by atoms with van der Waals surface area (Å²) in [5, 5.41) is 9.21. The standard InChI is InChI=1S/C7H14O3/c1-5-6(8)3-4-7(9-2)10-5/h5-8H,3-4H2,1-2H3/t5-,6+,7+/m1/s1. The van der Waals surface area contributed by atoms with Crippen molar-refractivity contribution in [3.8, 4) is 0 Å². The molecule has 0 unspecified atom stereocenters. The molecule has 1 N–H and O–H groups in total. The minimum Gasteiger partial charge on any atom is -0.390 e. The van der Waals surface area contributed by atoms with Crippen LogP contribution in [-0.2, 0) is 9.47 Å². The normalized spacial score (nSPS) is 41.7. The van der Waals surface area contributed by atoms with E-state index in [1.807, 2.05) is 6.92 Å². The first kappa shape index (κ1) is 7.98. The molecule has 1 rings (SSSR count). The molecule has 0 bridgehead atoms. The van der Waals surface area contributed by atoms with Gasteiger partial charge in [0, 0.05) is 13.5 Å². The van der Waals surface area contributed by atoms with Gasteiger partial charge in [-0.2, -0.15) is 0 Å². The van der Waals surface area contributed by atoms with E-state index in [2.05, 4.69) is 0 Å². The van der Waals surface area contributed by atoms with Crippen molar-refractivity contribution in [3.05, 3.63) is 0 Å². The molecule has 0 saturated carbocycles. The van der Waals surface area contributed by atoms with Crippen molar-refractivity contribution < 1.29 is 14.6 Å². The van der Waals surface area contributed by atoms with E-state index in [0.29, 0.717) is 0 Å². The third-order valence-corrected chi connectivity index (χ3v) is 1.87. The summed E-state index contributed by atoms with van der Waals surface area (Å²) in [6.07, 6.45) is 1.06. The summed E-state index contributed by atoms with van der Waals surface area (Å²) in [5.41, 5.74) is 0. The minimum absolute atomic E-state index is 0.0845. The smallest absolute Gasteiger partial charge is 0.157 e. The second kappa shape index (κ2) is 3.32. The Morgan fingerprint density at radius 1 is 1.50 bits per heavy atom. The second-order valence-electron chi connectivity index (χ2n) is 2.65. The van der Waals surface area contributed by atoms with E-state index in [0.717, 1.165) is 12.8 Å². The van der Waals surface area contributed by atoms with Gasteiger partial charge in [0.25, 0.3) is 0 Å². The maximum atomic E-state index is 9.21. The summed E-state index contributed by atoms with van der Waals surface area (Å²) >= 11 is 0. The molecule has 1 aliphatic rings. The van der Waals surface area contributed by atoms with Crippen LogP contribution in [0.25, 0.3) is 0 Å². The first-order chi connectivity index (χ1) is 4.74. The first-order valence-corrected chi connectivity index (χ1v) is 3.60. The molecular weight excluding hydrogens is 132 g/mol. The fraction of sp³-hybridized carbons (Fsp3) is 1.00. The lowest BCUT2D eigenvalue weighted by Gasteiger charge is -2.30. The van der Waals surface area contributed by atoms with Crippen LogP contribution in [0.1, 0.15) is 19.8 Å². The molecule has 1 aliphatic heterocycles. The SMILES string of the molecule is CO[C@@H]1CC[C@H](O)[C@@H](C)O1. The zero-order valence-corrected chi connectivity index (χ0v) is 6.41. The fourth-order valence-electron chi connectivity index (χ4n) is 1.11. The van der Waals surface area contributed by atoms with Crippen molar-refractivity contribution in [1.82, 2.24) is 0 Å². The highest BCUT2D eigenvalue weighted by Crippen LogP contribution is 2.19. The molecule has 1 fully saturated rings. The topological polar surface area (TPSA) is 38.7 Å². The van der Waals surface area contributed by atoms with E-state index in [9.17, 15) is 5.11 Å². The molecule has 0 aliphatic carbocycles. The summed E-state index contributed by atoms with van der Waals surface area (Å²) in [6.45, 7) is 1.86. The first-order valence-electron chi connectivity index (χ1n) is 3.60. The average molecular weight is 146 g/mol. The van der Waals surface area contributed by atoms with Gasteiger partial charge in [-0.1, -0.05) is 0 Å². The van der Waals surface area contributed by atoms with E-state index in [4.69, 9.17) is 9.47 Å². The van der Waals surface area contributed by atoms with Crippen LogP contribution < -0.4 is 0 Å². The summed E-state index contributed by atoms with van der Waals surface area (Å²) in [7, 11) is 1.62. The molecule has 60 valence electrons. The van der Waals surface area contributed by atoms with Crippen LogP contribution in [0, 0.1) is 0 Å². The van der Waals surface area contributed by atoms with Crippen molar-refractivity contribution >= 4 is 0 Å². The van der Waals surface area contributed by atoms with Gasteiger partial charge in [-0.25, -0.2) is 0 Å². The lowest BCUT2D eigenvalue weighted by atomic mass is 10.1. The van der Waals surface area contributed by atoms with Crippen LogP contribution in [0.4, 0.5) is 0 Å². The van der Waals surface area contributed by atoms with E-state index >= 15 is 0 Å². The Morgan fingerprint density at radius 2 is 2.20 bits per heavy atom. The summed E-state index contributed by atoms with van der Waals surface area (Å²) in [5.74, 6) is 0. The van der Waals surface area contributed by atoms with Gasteiger partial charge in [-0.15, -0.1) is 0 Å². The highest BCUT2D eigenvalue weighted by molar-refractivity contribution is 4.70. The number of hydrogen-bond acceptors (Lipinski definition) is 3. The van der Waals surface area contributed by atoms with Gasteiger partial charge in [0.1, 0.15) is 0 Å². The van der Waals surface area contributed by atoms with Crippen molar-refractivity contribution in [3.63, 3.8) is 0 Å². The van der Waals surface area contributed by atoms with Crippen molar-refractivity contribution in [1.29, 1.82) is 0 Å². The van der Waals surface area contributed by atoms with E-state index in [-0.39, 0.29) is 18.5 Å². The Labute approximate surface area is 60.9 Å². The van der Waals surface area contributed by atoms with Crippen LogP contribution in [0.2, 0.25) is 0 Å². The fourth-order valence-corrected chi connectivity index (χ4v) is 1.11. The zero-order chi connectivity index (χ0) is 7.56. The Bertz CT molecular complexity index is 105. The zero-order valence-electron chi connectivity index (χ0n) is 6.41. The number of aliphatic hydroxyl groups is 1. The van der Waals surface area contributed by atoms with Crippen molar-refractivity contribution in [2.24, 2.45) is 0 Å². The molecule has 10 heavy (non-hydrogen) atoms. The van der Waals surface area contributed by atoms with Crippen molar-refractivity contribution in [2.75, 3.05) is 7.11 Å². The Morgan fingerprint density at radius 3 is 2.70 bits per heavy atom. The monoisotopic (exact) mass is 146 g/mol. The summed E-state index contributed by atoms with van der Waals surface area (Å²) < 4.78 is 10.3. The molecule has 0 amide bonds. The largest absolute Gasteiger partial charge is 0.390 e. The molecular formula is C7H14O3. The molecule has 1 saturated heterocycles. The molecule has 0 aromatic rings. The molecule has 1 heterocycles. The van der Waals surface area contributed by atoms with Gasteiger partial charge in [-0.05, 0) is 13.3 Å². The quantitative estimate of drug-likeness (QED) is 0.586. The Hall–Kier alpha value is -0.120. The predicted molar refractivity (Wildman–Crippen MR) is 36.6 cm³/mol. The highest BCUT2D eigenvalue weighted by atomic mass is 16.7. The lowest BCUT2D eigenvalue weighted by Crippen LogP contribution is -2.37. The van der Waals surface area contributed by atoms with Gasteiger partial charge < -0.3 is 14.6 Å². The van der Waals surface area contributed by atoms with E-state index in [1.165, 1.54) is 0 Å². The number of ether oxygens (including phenoxy) is 2. The number of rotatable bonds is 1. The Kier molecular flexibility index (Phi) is 2.65. The molecule has 0 aromatic heterocycles. The third-order valence-electron chi connectivity index (χ3n) is 1.87. The predicted octanol–water partition coefficient (Wildman–Crippen LogP) is 0.519. The van der Waals surface area contributed by atoms with Gasteiger partial charge >= 0.3 is 0 Å². The molecule has 0 radical (unpaired) electrons. The summed E-state index contributed by atoms with van der Waals surface area (Å²) in [6, 6.07) is 0. The molecule has 0 aromatic carbocycles. The lowest BCUT2D eigenvalue weighted by molar-refractivity contribution is -0.206. The molecule has 3 atom stereocenters. The second-order valence-corrected chi connectivity index (χ2v) is 2.65. The van der Waals surface area contributed by atoms with Crippen LogP contribution in [0.5, 0.6) is 0 Å². The van der Waals surface area contributed by atoms with Gasteiger partial charge in [-0.3, -0.25) is 0 Å².